The summed E-state index contributed by atoms with van der Waals surface area (Å²) in [4.78, 5) is 14.3. The molecule has 1 unspecified atom stereocenters. The molecule has 2 aliphatic heterocycles. The van der Waals surface area contributed by atoms with Crippen molar-refractivity contribution in [3.8, 4) is 6.01 Å². The van der Waals surface area contributed by atoms with Crippen molar-refractivity contribution in [1.82, 2.24) is 24.7 Å². The molecular formula is C24H34N6O3S. The van der Waals surface area contributed by atoms with Crippen molar-refractivity contribution in [3.63, 3.8) is 0 Å². The molecule has 2 aliphatic rings. The van der Waals surface area contributed by atoms with Crippen LogP contribution in [0, 0.1) is 12.8 Å². The molecule has 3 aromatic heterocycles. The molecule has 5 rings (SSSR count). The molecule has 3 aromatic rings. The predicted octanol–water partition coefficient (Wildman–Crippen LogP) is 4.12. The van der Waals surface area contributed by atoms with Crippen molar-refractivity contribution in [2.75, 3.05) is 31.3 Å². The minimum atomic E-state index is -0.554. The highest BCUT2D eigenvalue weighted by Gasteiger charge is 2.26. The smallest absolute Gasteiger partial charge is 0.319 e. The van der Waals surface area contributed by atoms with Crippen LogP contribution in [0.4, 0.5) is 5.82 Å². The van der Waals surface area contributed by atoms with E-state index >= 15 is 0 Å². The Kier molecular flexibility index (Phi) is 6.72. The summed E-state index contributed by atoms with van der Waals surface area (Å²) in [6.07, 6.45) is 4.13. The molecule has 0 bridgehead atoms. The lowest BCUT2D eigenvalue weighted by Crippen LogP contribution is -2.35. The number of thiophene rings is 1. The van der Waals surface area contributed by atoms with E-state index in [4.69, 9.17) is 24.2 Å². The number of nitrogens with zero attached hydrogens (tertiary/aromatic N) is 6. The molecule has 1 fully saturated rings. The first-order valence-corrected chi connectivity index (χ1v) is 13.1. The van der Waals surface area contributed by atoms with Gasteiger partial charge in [0.25, 0.3) is 0 Å². The molecule has 0 radical (unpaired) electrons. The molecule has 0 aromatic carbocycles. The van der Waals surface area contributed by atoms with Crippen LogP contribution in [0.1, 0.15) is 56.6 Å². The topological polar surface area (TPSA) is 87.4 Å². The van der Waals surface area contributed by atoms with Crippen LogP contribution in [-0.4, -0.2) is 56.9 Å². The van der Waals surface area contributed by atoms with Crippen molar-refractivity contribution in [1.29, 1.82) is 0 Å². The van der Waals surface area contributed by atoms with E-state index in [0.717, 1.165) is 66.5 Å². The van der Waals surface area contributed by atoms with Gasteiger partial charge in [-0.1, -0.05) is 13.3 Å². The fraction of sp³-hybridized carbons (Fsp3) is 0.667. The molecule has 1 atom stereocenters. The van der Waals surface area contributed by atoms with Gasteiger partial charge in [-0.25, -0.2) is 0 Å². The molecule has 34 heavy (non-hydrogen) atoms. The Bertz CT molecular complexity index is 1140. The minimum Gasteiger partial charge on any atom is -0.463 e. The number of anilines is 1. The molecule has 0 N–H and O–H groups in total. The van der Waals surface area contributed by atoms with Crippen LogP contribution in [0.2, 0.25) is 0 Å². The summed E-state index contributed by atoms with van der Waals surface area (Å²) in [6, 6.07) is 2.69. The standard InChI is InChI=1S/C24H34N6O3S/c1-5-7-18-12-19-21(29-9-10-30-16(2)27-28-20(30)13-29)25-23(26-22(19)34-18)31-14-17-8-6-11-32-24(3,4)33-15-17/h12,17H,5-11,13-15H2,1-4H3. The highest BCUT2D eigenvalue weighted by Crippen LogP contribution is 2.35. The Balaban J connectivity index is 1.39. The van der Waals surface area contributed by atoms with E-state index in [0.29, 0.717) is 32.4 Å². The molecule has 0 spiro atoms. The first-order chi connectivity index (χ1) is 16.4. The molecule has 1 saturated heterocycles. The Labute approximate surface area is 204 Å². The van der Waals surface area contributed by atoms with Crippen molar-refractivity contribution >= 4 is 27.4 Å². The van der Waals surface area contributed by atoms with Gasteiger partial charge in [-0.05, 0) is 46.1 Å². The highest BCUT2D eigenvalue weighted by molar-refractivity contribution is 7.18. The minimum absolute atomic E-state index is 0.279. The summed E-state index contributed by atoms with van der Waals surface area (Å²) < 4.78 is 20.1. The number of rotatable bonds is 6. The second kappa shape index (κ2) is 9.75. The maximum Gasteiger partial charge on any atom is 0.319 e. The average Bonchev–Trinajstić information content (AvgIpc) is 3.39. The normalized spacial score (nSPS) is 20.7. The second-order valence-electron chi connectivity index (χ2n) is 9.63. The monoisotopic (exact) mass is 486 g/mol. The highest BCUT2D eigenvalue weighted by atomic mass is 32.1. The number of fused-ring (bicyclic) bond motifs is 2. The summed E-state index contributed by atoms with van der Waals surface area (Å²) in [5.41, 5.74) is 0. The van der Waals surface area contributed by atoms with Gasteiger partial charge in [0.2, 0.25) is 0 Å². The summed E-state index contributed by atoms with van der Waals surface area (Å²) in [7, 11) is 0. The summed E-state index contributed by atoms with van der Waals surface area (Å²) in [5.74, 6) is 2.58. The number of hydrogen-bond acceptors (Lipinski definition) is 9. The maximum atomic E-state index is 6.20. The van der Waals surface area contributed by atoms with E-state index in [1.165, 1.54) is 4.88 Å². The zero-order valence-corrected chi connectivity index (χ0v) is 21.4. The van der Waals surface area contributed by atoms with Crippen LogP contribution in [0.3, 0.4) is 0 Å². The fourth-order valence-corrected chi connectivity index (χ4v) is 5.67. The van der Waals surface area contributed by atoms with Crippen LogP contribution >= 0.6 is 11.3 Å². The first kappa shape index (κ1) is 23.4. The average molecular weight is 487 g/mol. The zero-order chi connectivity index (χ0) is 23.7. The third kappa shape index (κ3) is 5.04. The SMILES string of the molecule is CCCc1cc2c(N3CCn4c(C)nnc4C3)nc(OCC3CCCOC(C)(C)OC3)nc2s1. The van der Waals surface area contributed by atoms with Gasteiger partial charge in [-0.3, -0.25) is 0 Å². The lowest BCUT2D eigenvalue weighted by atomic mass is 10.1. The Morgan fingerprint density at radius 1 is 1.21 bits per heavy atom. The van der Waals surface area contributed by atoms with Crippen molar-refractivity contribution in [3.05, 3.63) is 22.6 Å². The quantitative estimate of drug-likeness (QED) is 0.514. The van der Waals surface area contributed by atoms with Gasteiger partial charge in [-0.2, -0.15) is 9.97 Å². The van der Waals surface area contributed by atoms with Crippen molar-refractivity contribution < 1.29 is 14.2 Å². The van der Waals surface area contributed by atoms with Crippen molar-refractivity contribution in [2.45, 2.75) is 72.3 Å². The number of aromatic nitrogens is 5. The molecular weight excluding hydrogens is 452 g/mol. The molecule has 0 amide bonds. The number of aryl methyl sites for hydroxylation is 2. The zero-order valence-electron chi connectivity index (χ0n) is 20.5. The number of hydrogen-bond donors (Lipinski definition) is 0. The van der Waals surface area contributed by atoms with Crippen LogP contribution < -0.4 is 9.64 Å². The van der Waals surface area contributed by atoms with E-state index in [9.17, 15) is 0 Å². The van der Waals surface area contributed by atoms with Crippen molar-refractivity contribution in [2.24, 2.45) is 5.92 Å². The summed E-state index contributed by atoms with van der Waals surface area (Å²) >= 11 is 1.74. The Morgan fingerprint density at radius 3 is 2.94 bits per heavy atom. The van der Waals surface area contributed by atoms with Crippen LogP contribution in [-0.2, 0) is 29.0 Å². The van der Waals surface area contributed by atoms with Crippen LogP contribution in [0.15, 0.2) is 6.07 Å². The van der Waals surface area contributed by atoms with Gasteiger partial charge in [0.1, 0.15) is 16.5 Å². The third-order valence-corrected chi connectivity index (χ3v) is 7.55. The molecule has 0 aliphatic carbocycles. The maximum absolute atomic E-state index is 6.20. The van der Waals surface area contributed by atoms with E-state index in [1.807, 2.05) is 20.8 Å². The van der Waals surface area contributed by atoms with E-state index in [-0.39, 0.29) is 5.92 Å². The first-order valence-electron chi connectivity index (χ1n) is 12.3. The molecule has 9 nitrogen and oxygen atoms in total. The fourth-order valence-electron chi connectivity index (χ4n) is 4.55. The Hall–Kier alpha value is -2.30. The number of ether oxygens (including phenoxy) is 3. The van der Waals surface area contributed by atoms with Gasteiger partial charge in [0, 0.05) is 23.9 Å². The van der Waals surface area contributed by atoms with Crippen LogP contribution in [0.25, 0.3) is 10.2 Å². The van der Waals surface area contributed by atoms with E-state index < -0.39 is 5.79 Å². The van der Waals surface area contributed by atoms with E-state index in [2.05, 4.69) is 32.7 Å². The largest absolute Gasteiger partial charge is 0.463 e. The lowest BCUT2D eigenvalue weighted by Gasteiger charge is -2.31. The van der Waals surface area contributed by atoms with Crippen LogP contribution in [0.5, 0.6) is 6.01 Å². The molecule has 0 saturated carbocycles. The van der Waals surface area contributed by atoms with E-state index in [1.54, 1.807) is 11.3 Å². The molecule has 10 heteroatoms. The van der Waals surface area contributed by atoms with Gasteiger partial charge in [0.05, 0.1) is 31.8 Å². The molecule has 184 valence electrons. The molecule has 5 heterocycles. The van der Waals surface area contributed by atoms with Gasteiger partial charge in [-0.15, -0.1) is 21.5 Å². The summed E-state index contributed by atoms with van der Waals surface area (Å²) in [5, 5.41) is 9.72. The summed E-state index contributed by atoms with van der Waals surface area (Å²) in [6.45, 7) is 12.3. The lowest BCUT2D eigenvalue weighted by molar-refractivity contribution is -0.229. The van der Waals surface area contributed by atoms with Gasteiger partial charge >= 0.3 is 6.01 Å². The Morgan fingerprint density at radius 2 is 2.09 bits per heavy atom. The van der Waals surface area contributed by atoms with Gasteiger partial charge in [0.15, 0.2) is 11.6 Å². The third-order valence-electron chi connectivity index (χ3n) is 6.46. The van der Waals surface area contributed by atoms with Gasteiger partial charge < -0.3 is 23.7 Å². The predicted molar refractivity (Wildman–Crippen MR) is 131 cm³/mol. The second-order valence-corrected chi connectivity index (χ2v) is 10.7.